The zero-order valence-electron chi connectivity index (χ0n) is 15.8. The van der Waals surface area contributed by atoms with Crippen molar-refractivity contribution < 1.29 is 4.39 Å². The van der Waals surface area contributed by atoms with Crippen molar-refractivity contribution in [1.82, 2.24) is 24.1 Å². The summed E-state index contributed by atoms with van der Waals surface area (Å²) in [6, 6.07) is 5.13. The van der Waals surface area contributed by atoms with E-state index in [-0.39, 0.29) is 5.82 Å². The molecule has 1 aromatic carbocycles. The standard InChI is InChI=1S/C20H21FN6/c1-12-5-16(21)6-13(2)18(12)8-23-19-7-17(27-11-22-10-24-27)9-26-15(4)14(3)25-20(19)26/h5-7,9-11,23H,8H2,1-4H3. The summed E-state index contributed by atoms with van der Waals surface area (Å²) in [5.41, 5.74) is 7.62. The van der Waals surface area contributed by atoms with E-state index in [2.05, 4.69) is 19.8 Å². The summed E-state index contributed by atoms with van der Waals surface area (Å²) in [5, 5.41) is 7.71. The number of anilines is 1. The van der Waals surface area contributed by atoms with Gasteiger partial charge in [0.15, 0.2) is 5.65 Å². The molecule has 0 radical (unpaired) electrons. The maximum atomic E-state index is 13.6. The topological polar surface area (TPSA) is 60.0 Å². The van der Waals surface area contributed by atoms with Crippen LogP contribution in [0.1, 0.15) is 28.1 Å². The fourth-order valence-corrected chi connectivity index (χ4v) is 3.36. The largest absolute Gasteiger partial charge is 0.378 e. The number of hydrogen-bond donors (Lipinski definition) is 1. The lowest BCUT2D eigenvalue weighted by molar-refractivity contribution is 0.624. The van der Waals surface area contributed by atoms with Crippen LogP contribution in [0.3, 0.4) is 0 Å². The second-order valence-corrected chi connectivity index (χ2v) is 6.80. The molecule has 0 aliphatic heterocycles. The van der Waals surface area contributed by atoms with Gasteiger partial charge in [0.2, 0.25) is 0 Å². The molecule has 4 rings (SSSR count). The molecule has 3 aromatic heterocycles. The van der Waals surface area contributed by atoms with Gasteiger partial charge in [0.1, 0.15) is 18.5 Å². The SMILES string of the molecule is Cc1cc(F)cc(C)c1CNc1cc(-n2cncn2)cn2c(C)c(C)nc12. The minimum atomic E-state index is -0.205. The van der Waals surface area contributed by atoms with Gasteiger partial charge in [-0.1, -0.05) is 0 Å². The highest BCUT2D eigenvalue weighted by Gasteiger charge is 2.13. The van der Waals surface area contributed by atoms with Crippen LogP contribution in [0.25, 0.3) is 11.3 Å². The summed E-state index contributed by atoms with van der Waals surface area (Å²) < 4.78 is 17.4. The Hall–Kier alpha value is -3.22. The van der Waals surface area contributed by atoms with E-state index in [1.54, 1.807) is 23.1 Å². The quantitative estimate of drug-likeness (QED) is 0.597. The zero-order valence-corrected chi connectivity index (χ0v) is 15.8. The monoisotopic (exact) mass is 364 g/mol. The van der Waals surface area contributed by atoms with E-state index in [4.69, 9.17) is 4.98 Å². The average molecular weight is 364 g/mol. The molecular formula is C20H21FN6. The van der Waals surface area contributed by atoms with Gasteiger partial charge in [-0.15, -0.1) is 0 Å². The fourth-order valence-electron chi connectivity index (χ4n) is 3.36. The van der Waals surface area contributed by atoms with Crippen LogP contribution in [-0.4, -0.2) is 24.1 Å². The predicted molar refractivity (Wildman–Crippen MR) is 103 cm³/mol. The molecule has 0 aliphatic rings. The Balaban J connectivity index is 1.78. The van der Waals surface area contributed by atoms with Crippen molar-refractivity contribution >= 4 is 11.3 Å². The smallest absolute Gasteiger partial charge is 0.160 e. The first-order chi connectivity index (χ1) is 12.9. The normalized spacial score (nSPS) is 11.3. The number of fused-ring (bicyclic) bond motifs is 1. The third-order valence-electron chi connectivity index (χ3n) is 4.98. The number of nitrogens with one attached hydrogen (secondary N) is 1. The Morgan fingerprint density at radius 3 is 2.48 bits per heavy atom. The fraction of sp³-hybridized carbons (Fsp3) is 0.250. The van der Waals surface area contributed by atoms with Crippen LogP contribution in [0.4, 0.5) is 10.1 Å². The van der Waals surface area contributed by atoms with Crippen LogP contribution in [-0.2, 0) is 6.54 Å². The van der Waals surface area contributed by atoms with E-state index < -0.39 is 0 Å². The van der Waals surface area contributed by atoms with Crippen molar-refractivity contribution in [3.05, 3.63) is 70.9 Å². The van der Waals surface area contributed by atoms with Crippen molar-refractivity contribution in [1.29, 1.82) is 0 Å². The van der Waals surface area contributed by atoms with E-state index in [1.165, 1.54) is 6.33 Å². The number of nitrogens with zero attached hydrogens (tertiary/aromatic N) is 5. The molecule has 138 valence electrons. The highest BCUT2D eigenvalue weighted by molar-refractivity contribution is 5.71. The summed E-state index contributed by atoms with van der Waals surface area (Å²) in [4.78, 5) is 8.73. The number of benzene rings is 1. The Bertz CT molecular complexity index is 1100. The summed E-state index contributed by atoms with van der Waals surface area (Å²) in [6.45, 7) is 8.48. The zero-order chi connectivity index (χ0) is 19.1. The highest BCUT2D eigenvalue weighted by Crippen LogP contribution is 2.25. The predicted octanol–water partition coefficient (Wildman–Crippen LogP) is 3.90. The van der Waals surface area contributed by atoms with Gasteiger partial charge in [-0.25, -0.2) is 19.0 Å². The van der Waals surface area contributed by atoms with Crippen LogP contribution in [0, 0.1) is 33.5 Å². The first-order valence-corrected chi connectivity index (χ1v) is 8.78. The molecule has 27 heavy (non-hydrogen) atoms. The Morgan fingerprint density at radius 1 is 1.07 bits per heavy atom. The molecule has 0 unspecified atom stereocenters. The van der Waals surface area contributed by atoms with E-state index in [0.717, 1.165) is 45.1 Å². The van der Waals surface area contributed by atoms with E-state index >= 15 is 0 Å². The molecule has 0 fully saturated rings. The van der Waals surface area contributed by atoms with Crippen molar-refractivity contribution in [3.63, 3.8) is 0 Å². The molecule has 0 atom stereocenters. The van der Waals surface area contributed by atoms with Crippen LogP contribution in [0.5, 0.6) is 0 Å². The molecule has 7 heteroatoms. The molecule has 1 N–H and O–H groups in total. The second kappa shape index (κ2) is 6.50. The van der Waals surface area contributed by atoms with E-state index in [1.807, 2.05) is 40.0 Å². The van der Waals surface area contributed by atoms with Crippen LogP contribution < -0.4 is 5.32 Å². The molecule has 0 amide bonds. The maximum Gasteiger partial charge on any atom is 0.160 e. The van der Waals surface area contributed by atoms with Gasteiger partial charge in [-0.3, -0.25) is 0 Å². The first kappa shape index (κ1) is 17.2. The third kappa shape index (κ3) is 3.05. The summed E-state index contributed by atoms with van der Waals surface area (Å²) in [5.74, 6) is -0.205. The molecular weight excluding hydrogens is 343 g/mol. The van der Waals surface area contributed by atoms with Gasteiger partial charge in [0, 0.05) is 18.4 Å². The Morgan fingerprint density at radius 2 is 1.81 bits per heavy atom. The summed E-state index contributed by atoms with van der Waals surface area (Å²) in [7, 11) is 0. The summed E-state index contributed by atoms with van der Waals surface area (Å²) in [6.07, 6.45) is 5.17. The lowest BCUT2D eigenvalue weighted by atomic mass is 10.0. The number of aryl methyl sites for hydroxylation is 4. The van der Waals surface area contributed by atoms with E-state index in [0.29, 0.717) is 6.54 Å². The number of imidazole rings is 1. The highest BCUT2D eigenvalue weighted by atomic mass is 19.1. The minimum Gasteiger partial charge on any atom is -0.378 e. The number of rotatable bonds is 4. The van der Waals surface area contributed by atoms with E-state index in [9.17, 15) is 4.39 Å². The first-order valence-electron chi connectivity index (χ1n) is 8.78. The molecule has 0 saturated heterocycles. The lowest BCUT2D eigenvalue weighted by Gasteiger charge is -2.14. The number of hydrogen-bond acceptors (Lipinski definition) is 4. The number of halogens is 1. The molecule has 3 heterocycles. The van der Waals surface area contributed by atoms with Crippen molar-refractivity contribution in [2.75, 3.05) is 5.32 Å². The van der Waals surface area contributed by atoms with Gasteiger partial charge in [0.05, 0.1) is 17.1 Å². The Labute approximate surface area is 156 Å². The van der Waals surface area contributed by atoms with Crippen LogP contribution in [0.15, 0.2) is 37.1 Å². The van der Waals surface area contributed by atoms with Gasteiger partial charge in [0.25, 0.3) is 0 Å². The van der Waals surface area contributed by atoms with Crippen LogP contribution >= 0.6 is 0 Å². The number of pyridine rings is 1. The minimum absolute atomic E-state index is 0.205. The van der Waals surface area contributed by atoms with Gasteiger partial charge in [-0.05, 0) is 62.6 Å². The molecule has 0 bridgehead atoms. The number of aromatic nitrogens is 5. The maximum absolute atomic E-state index is 13.6. The molecule has 0 spiro atoms. The second-order valence-electron chi connectivity index (χ2n) is 6.80. The van der Waals surface area contributed by atoms with Crippen molar-refractivity contribution in [3.8, 4) is 5.69 Å². The molecule has 0 saturated carbocycles. The summed E-state index contributed by atoms with van der Waals surface area (Å²) >= 11 is 0. The van der Waals surface area contributed by atoms with Gasteiger partial charge < -0.3 is 9.72 Å². The third-order valence-corrected chi connectivity index (χ3v) is 4.98. The van der Waals surface area contributed by atoms with Crippen LogP contribution in [0.2, 0.25) is 0 Å². The molecule has 4 aromatic rings. The van der Waals surface area contributed by atoms with Crippen molar-refractivity contribution in [2.45, 2.75) is 34.2 Å². The van der Waals surface area contributed by atoms with Gasteiger partial charge in [-0.2, -0.15) is 5.10 Å². The molecule has 0 aliphatic carbocycles. The van der Waals surface area contributed by atoms with Crippen molar-refractivity contribution in [2.24, 2.45) is 0 Å². The van der Waals surface area contributed by atoms with Gasteiger partial charge >= 0.3 is 0 Å². The lowest BCUT2D eigenvalue weighted by Crippen LogP contribution is -2.07. The Kier molecular flexibility index (Phi) is 4.14. The molecule has 6 nitrogen and oxygen atoms in total. The average Bonchev–Trinajstić information content (AvgIpc) is 3.24.